The quantitative estimate of drug-likeness (QED) is 0.581. The smallest absolute Gasteiger partial charge is 0.228 e. The van der Waals surface area contributed by atoms with Crippen LogP contribution in [0.25, 0.3) is 16.7 Å². The van der Waals surface area contributed by atoms with Gasteiger partial charge in [-0.25, -0.2) is 4.98 Å². The second-order valence-electron chi connectivity index (χ2n) is 9.49. The van der Waals surface area contributed by atoms with E-state index in [4.69, 9.17) is 11.6 Å². The van der Waals surface area contributed by atoms with Crippen molar-refractivity contribution >= 4 is 28.9 Å². The van der Waals surface area contributed by atoms with Crippen molar-refractivity contribution in [3.8, 4) is 11.1 Å². The normalized spacial score (nSPS) is 19.3. The Morgan fingerprint density at radius 2 is 2.03 bits per heavy atom. The van der Waals surface area contributed by atoms with Crippen LogP contribution in [0.5, 0.6) is 0 Å². The molecule has 2 aliphatic rings. The van der Waals surface area contributed by atoms with E-state index in [1.807, 2.05) is 24.4 Å². The minimum atomic E-state index is -0.0923. The number of pyridine rings is 2. The van der Waals surface area contributed by atoms with Crippen molar-refractivity contribution in [2.45, 2.75) is 46.1 Å². The molecule has 5 rings (SSSR count). The summed E-state index contributed by atoms with van der Waals surface area (Å²) in [6.07, 6.45) is 12.6. The SMILES string of the molecule is CC1(C)Cc2c(-c3cc(NC(=O)[C@H]4CCC=C(c5ccncc5)C4)ncc3Cl)cnn2C1. The molecule has 0 fully saturated rings. The van der Waals surface area contributed by atoms with Gasteiger partial charge >= 0.3 is 0 Å². The van der Waals surface area contributed by atoms with Crippen LogP contribution in [0.2, 0.25) is 5.02 Å². The lowest BCUT2D eigenvalue weighted by molar-refractivity contribution is -0.120. The summed E-state index contributed by atoms with van der Waals surface area (Å²) in [5.74, 6) is 0.420. The van der Waals surface area contributed by atoms with Gasteiger partial charge in [0.15, 0.2) is 0 Å². The van der Waals surface area contributed by atoms with Crippen molar-refractivity contribution < 1.29 is 4.79 Å². The molecule has 164 valence electrons. The van der Waals surface area contributed by atoms with E-state index < -0.39 is 0 Å². The number of anilines is 1. The summed E-state index contributed by atoms with van der Waals surface area (Å²) in [5, 5.41) is 8.13. The Morgan fingerprint density at radius 1 is 1.22 bits per heavy atom. The number of hydrogen-bond donors (Lipinski definition) is 1. The highest BCUT2D eigenvalue weighted by molar-refractivity contribution is 6.33. The summed E-state index contributed by atoms with van der Waals surface area (Å²) in [6, 6.07) is 5.85. The maximum atomic E-state index is 13.1. The predicted molar refractivity (Wildman–Crippen MR) is 126 cm³/mol. The zero-order valence-electron chi connectivity index (χ0n) is 18.3. The molecule has 4 heterocycles. The summed E-state index contributed by atoms with van der Waals surface area (Å²) in [4.78, 5) is 21.5. The van der Waals surface area contributed by atoms with Gasteiger partial charge in [-0.1, -0.05) is 31.5 Å². The van der Waals surface area contributed by atoms with Crippen LogP contribution in [-0.4, -0.2) is 25.7 Å². The van der Waals surface area contributed by atoms with E-state index in [1.54, 1.807) is 18.6 Å². The first-order valence-electron chi connectivity index (χ1n) is 11.0. The predicted octanol–water partition coefficient (Wildman–Crippen LogP) is 5.40. The van der Waals surface area contributed by atoms with Gasteiger partial charge in [0.1, 0.15) is 5.82 Å². The maximum Gasteiger partial charge on any atom is 0.228 e. The lowest BCUT2D eigenvalue weighted by Gasteiger charge is -2.22. The average Bonchev–Trinajstić information content (AvgIpc) is 3.30. The fraction of sp³-hybridized carbons (Fsp3) is 0.360. The summed E-state index contributed by atoms with van der Waals surface area (Å²) in [6.45, 7) is 5.37. The molecule has 1 amide bonds. The van der Waals surface area contributed by atoms with Gasteiger partial charge in [0.2, 0.25) is 5.91 Å². The number of nitrogens with one attached hydrogen (secondary N) is 1. The van der Waals surface area contributed by atoms with Crippen LogP contribution >= 0.6 is 11.6 Å². The molecule has 1 atom stereocenters. The lowest BCUT2D eigenvalue weighted by Crippen LogP contribution is -2.25. The zero-order chi connectivity index (χ0) is 22.3. The summed E-state index contributed by atoms with van der Waals surface area (Å²) >= 11 is 6.51. The van der Waals surface area contributed by atoms with E-state index in [0.717, 1.165) is 42.5 Å². The van der Waals surface area contributed by atoms with Gasteiger partial charge in [0.25, 0.3) is 0 Å². The molecular weight excluding hydrogens is 422 g/mol. The van der Waals surface area contributed by atoms with E-state index in [9.17, 15) is 4.79 Å². The van der Waals surface area contributed by atoms with Gasteiger partial charge in [-0.15, -0.1) is 0 Å². The molecule has 3 aromatic rings. The van der Waals surface area contributed by atoms with Crippen LogP contribution in [0.3, 0.4) is 0 Å². The maximum absolute atomic E-state index is 13.1. The van der Waals surface area contributed by atoms with Crippen molar-refractivity contribution in [1.29, 1.82) is 0 Å². The van der Waals surface area contributed by atoms with Gasteiger partial charge in [0.05, 0.1) is 11.2 Å². The van der Waals surface area contributed by atoms with E-state index >= 15 is 0 Å². The molecule has 32 heavy (non-hydrogen) atoms. The number of fused-ring (bicyclic) bond motifs is 1. The number of nitrogens with zero attached hydrogens (tertiary/aromatic N) is 4. The number of aromatic nitrogens is 4. The monoisotopic (exact) mass is 447 g/mol. The van der Waals surface area contributed by atoms with E-state index in [-0.39, 0.29) is 17.2 Å². The van der Waals surface area contributed by atoms with Crippen LogP contribution in [0.15, 0.2) is 49.1 Å². The van der Waals surface area contributed by atoms with Crippen LogP contribution in [0, 0.1) is 11.3 Å². The molecule has 3 aromatic heterocycles. The molecule has 1 aliphatic carbocycles. The first kappa shape index (κ1) is 20.9. The standard InChI is InChI=1S/C25H26ClN5O/c1-25(2)12-22-20(13-29-31(22)15-25)19-11-23(28-14-21(19)26)30-24(32)18-5-3-4-17(10-18)16-6-8-27-9-7-16/h4,6-9,11,13-14,18H,3,5,10,12,15H2,1-2H3,(H,28,30,32)/t18-/m0/s1. The molecule has 1 N–H and O–H groups in total. The molecule has 1 aliphatic heterocycles. The lowest BCUT2D eigenvalue weighted by atomic mass is 9.85. The highest BCUT2D eigenvalue weighted by Crippen LogP contribution is 2.39. The first-order chi connectivity index (χ1) is 15.4. The molecule has 0 saturated carbocycles. The average molecular weight is 448 g/mol. The number of allylic oxidation sites excluding steroid dienone is 2. The Bertz CT molecular complexity index is 1200. The van der Waals surface area contributed by atoms with Gasteiger partial charge in [-0.3, -0.25) is 14.5 Å². The minimum absolute atomic E-state index is 0.00760. The highest BCUT2D eigenvalue weighted by atomic mass is 35.5. The largest absolute Gasteiger partial charge is 0.310 e. The van der Waals surface area contributed by atoms with Crippen LogP contribution in [-0.2, 0) is 17.8 Å². The third kappa shape index (κ3) is 4.07. The second kappa shape index (κ2) is 8.17. The van der Waals surface area contributed by atoms with Gasteiger partial charge in [-0.2, -0.15) is 5.10 Å². The fourth-order valence-corrected chi connectivity index (χ4v) is 4.96. The Kier molecular flexibility index (Phi) is 5.33. The Balaban J connectivity index is 1.34. The summed E-state index contributed by atoms with van der Waals surface area (Å²) in [7, 11) is 0. The summed E-state index contributed by atoms with van der Waals surface area (Å²) in [5.41, 5.74) is 5.55. The van der Waals surface area contributed by atoms with Crippen LogP contribution < -0.4 is 5.32 Å². The highest BCUT2D eigenvalue weighted by Gasteiger charge is 2.32. The number of carbonyl (C=O) groups is 1. The third-order valence-corrected chi connectivity index (χ3v) is 6.66. The van der Waals surface area contributed by atoms with Crippen molar-refractivity contribution in [2.24, 2.45) is 11.3 Å². The fourth-order valence-electron chi connectivity index (χ4n) is 4.75. The topological polar surface area (TPSA) is 72.7 Å². The molecule has 6 nitrogen and oxygen atoms in total. The van der Waals surface area contributed by atoms with Crippen LogP contribution in [0.4, 0.5) is 5.82 Å². The zero-order valence-corrected chi connectivity index (χ0v) is 19.1. The Morgan fingerprint density at radius 3 is 2.84 bits per heavy atom. The molecule has 0 aromatic carbocycles. The molecule has 0 spiro atoms. The van der Waals surface area contributed by atoms with E-state index in [2.05, 4.69) is 45.0 Å². The van der Waals surface area contributed by atoms with Crippen molar-refractivity contribution in [3.05, 3.63) is 65.3 Å². The number of carbonyl (C=O) groups excluding carboxylic acids is 1. The molecule has 0 saturated heterocycles. The second-order valence-corrected chi connectivity index (χ2v) is 9.89. The Labute approximate surface area is 192 Å². The summed E-state index contributed by atoms with van der Waals surface area (Å²) < 4.78 is 2.05. The molecule has 0 unspecified atom stereocenters. The van der Waals surface area contributed by atoms with Gasteiger partial charge in [0, 0.05) is 47.9 Å². The first-order valence-corrected chi connectivity index (χ1v) is 11.4. The minimum Gasteiger partial charge on any atom is -0.310 e. The number of rotatable bonds is 4. The van der Waals surface area contributed by atoms with Crippen molar-refractivity contribution in [1.82, 2.24) is 19.7 Å². The number of hydrogen-bond acceptors (Lipinski definition) is 4. The van der Waals surface area contributed by atoms with Gasteiger partial charge < -0.3 is 5.32 Å². The van der Waals surface area contributed by atoms with Gasteiger partial charge in [-0.05, 0) is 60.4 Å². The van der Waals surface area contributed by atoms with Crippen molar-refractivity contribution in [2.75, 3.05) is 5.32 Å². The third-order valence-electron chi connectivity index (χ3n) is 6.36. The van der Waals surface area contributed by atoms with Crippen molar-refractivity contribution in [3.63, 3.8) is 0 Å². The van der Waals surface area contributed by atoms with E-state index in [0.29, 0.717) is 17.3 Å². The Hall–Kier alpha value is -2.99. The number of halogens is 1. The molecular formula is C25H26ClN5O. The molecule has 7 heteroatoms. The molecule has 0 bridgehead atoms. The van der Waals surface area contributed by atoms with E-state index in [1.165, 1.54) is 11.3 Å². The number of amides is 1. The van der Waals surface area contributed by atoms with Crippen LogP contribution in [0.1, 0.15) is 44.4 Å². The molecule has 0 radical (unpaired) electrons.